The topological polar surface area (TPSA) is 74.7 Å². The van der Waals surface area contributed by atoms with E-state index in [0.29, 0.717) is 6.54 Å². The summed E-state index contributed by atoms with van der Waals surface area (Å²) in [6, 6.07) is 8.23. The number of piperidine rings is 1. The van der Waals surface area contributed by atoms with Gasteiger partial charge < -0.3 is 20.1 Å². The lowest BCUT2D eigenvalue weighted by Gasteiger charge is -2.34. The zero-order valence-corrected chi connectivity index (χ0v) is 16.8. The molecule has 1 aromatic carbocycles. The molecule has 0 saturated carbocycles. The first-order chi connectivity index (χ1) is 14.1. The summed E-state index contributed by atoms with van der Waals surface area (Å²) in [4.78, 5) is 19.1. The fraction of sp³-hybridized carbons (Fsp3) is 0.478. The van der Waals surface area contributed by atoms with Gasteiger partial charge in [-0.15, -0.1) is 0 Å². The van der Waals surface area contributed by atoms with Crippen molar-refractivity contribution in [1.29, 1.82) is 0 Å². The van der Waals surface area contributed by atoms with E-state index in [-0.39, 0.29) is 18.1 Å². The van der Waals surface area contributed by atoms with E-state index in [0.717, 1.165) is 73.6 Å². The number of rotatable bonds is 4. The van der Waals surface area contributed by atoms with Crippen LogP contribution in [0.1, 0.15) is 52.5 Å². The molecule has 29 heavy (non-hydrogen) atoms. The fourth-order valence-electron chi connectivity index (χ4n) is 4.73. The second-order valence-electron chi connectivity index (χ2n) is 8.30. The molecule has 2 N–H and O–H groups in total. The minimum Gasteiger partial charge on any atom is -0.490 e. The van der Waals surface area contributed by atoms with E-state index >= 15 is 0 Å². The monoisotopic (exact) mass is 393 g/mol. The summed E-state index contributed by atoms with van der Waals surface area (Å²) in [5.41, 5.74) is 5.18. The molecule has 5 rings (SSSR count). The number of amides is 1. The van der Waals surface area contributed by atoms with E-state index in [1.165, 1.54) is 11.1 Å². The SMILES string of the molecule is CCc1cc2c(nc1N1CCC(Oc3ccc4c(c3)C[C@@H](O)C4)CC1)CNC2=O. The van der Waals surface area contributed by atoms with Crippen molar-refractivity contribution in [3.63, 3.8) is 0 Å². The van der Waals surface area contributed by atoms with Crippen molar-refractivity contribution in [3.8, 4) is 5.75 Å². The fourth-order valence-corrected chi connectivity index (χ4v) is 4.73. The first kappa shape index (κ1) is 18.4. The highest BCUT2D eigenvalue weighted by Crippen LogP contribution is 2.30. The number of fused-ring (bicyclic) bond motifs is 2. The summed E-state index contributed by atoms with van der Waals surface area (Å²) < 4.78 is 6.26. The van der Waals surface area contributed by atoms with Crippen LogP contribution in [0.25, 0.3) is 0 Å². The Morgan fingerprint density at radius 1 is 1.21 bits per heavy atom. The standard InChI is InChI=1S/C23H27N3O3/c1-2-14-12-20-21(13-24-23(20)28)25-22(14)26-7-5-18(6-8-26)29-19-4-3-15-9-17(27)10-16(15)11-19/h3-4,11-12,17-18,27H,2,5-10,13H2,1H3,(H,24,28)/t17-/m0/s1. The van der Waals surface area contributed by atoms with Crippen molar-refractivity contribution in [2.24, 2.45) is 0 Å². The number of nitrogens with zero attached hydrogens (tertiary/aromatic N) is 2. The normalized spacial score (nSPS) is 21.1. The average Bonchev–Trinajstić information content (AvgIpc) is 3.28. The smallest absolute Gasteiger partial charge is 0.253 e. The van der Waals surface area contributed by atoms with Gasteiger partial charge in [-0.25, -0.2) is 4.98 Å². The molecule has 1 saturated heterocycles. The van der Waals surface area contributed by atoms with Crippen LogP contribution in [0.4, 0.5) is 5.82 Å². The van der Waals surface area contributed by atoms with Gasteiger partial charge >= 0.3 is 0 Å². The Morgan fingerprint density at radius 3 is 2.79 bits per heavy atom. The molecule has 6 nitrogen and oxygen atoms in total. The Morgan fingerprint density at radius 2 is 2.00 bits per heavy atom. The molecule has 3 aliphatic rings. The highest BCUT2D eigenvalue weighted by Gasteiger charge is 2.27. The predicted molar refractivity (Wildman–Crippen MR) is 111 cm³/mol. The van der Waals surface area contributed by atoms with Gasteiger partial charge in [-0.3, -0.25) is 4.79 Å². The van der Waals surface area contributed by atoms with Gasteiger partial charge in [0, 0.05) is 25.9 Å². The van der Waals surface area contributed by atoms with Crippen LogP contribution in [-0.4, -0.2) is 41.3 Å². The predicted octanol–water partition coefficient (Wildman–Crippen LogP) is 2.39. The Kier molecular flexibility index (Phi) is 4.66. The summed E-state index contributed by atoms with van der Waals surface area (Å²) in [6.07, 6.45) is 4.17. The number of aryl methyl sites for hydroxylation is 1. The van der Waals surface area contributed by atoms with Gasteiger partial charge in [-0.05, 0) is 54.2 Å². The van der Waals surface area contributed by atoms with Crippen LogP contribution in [0.5, 0.6) is 5.75 Å². The lowest BCUT2D eigenvalue weighted by atomic mass is 10.0. The van der Waals surface area contributed by atoms with Crippen molar-refractivity contribution >= 4 is 11.7 Å². The van der Waals surface area contributed by atoms with E-state index < -0.39 is 0 Å². The second-order valence-corrected chi connectivity index (χ2v) is 8.30. The molecule has 1 aliphatic carbocycles. The minimum atomic E-state index is -0.249. The molecule has 2 aliphatic heterocycles. The number of anilines is 1. The summed E-state index contributed by atoms with van der Waals surface area (Å²) >= 11 is 0. The van der Waals surface area contributed by atoms with Gasteiger partial charge in [0.2, 0.25) is 0 Å². The molecule has 6 heteroatoms. The van der Waals surface area contributed by atoms with Gasteiger partial charge in [0.15, 0.2) is 0 Å². The van der Waals surface area contributed by atoms with Gasteiger partial charge in [0.05, 0.1) is 23.9 Å². The van der Waals surface area contributed by atoms with Gasteiger partial charge in [-0.1, -0.05) is 13.0 Å². The van der Waals surface area contributed by atoms with Crippen molar-refractivity contribution in [2.75, 3.05) is 18.0 Å². The largest absolute Gasteiger partial charge is 0.490 e. The van der Waals surface area contributed by atoms with Crippen LogP contribution in [0.3, 0.4) is 0 Å². The third-order valence-corrected chi connectivity index (χ3v) is 6.33. The number of benzene rings is 1. The summed E-state index contributed by atoms with van der Waals surface area (Å²) in [5.74, 6) is 1.92. The molecule has 0 bridgehead atoms. The highest BCUT2D eigenvalue weighted by molar-refractivity contribution is 5.98. The van der Waals surface area contributed by atoms with E-state index in [1.807, 2.05) is 12.1 Å². The number of carbonyl (C=O) groups excluding carboxylic acids is 1. The van der Waals surface area contributed by atoms with Crippen LogP contribution < -0.4 is 15.0 Å². The maximum atomic E-state index is 11.9. The van der Waals surface area contributed by atoms with E-state index in [9.17, 15) is 9.90 Å². The molecule has 0 radical (unpaired) electrons. The van der Waals surface area contributed by atoms with E-state index in [4.69, 9.17) is 9.72 Å². The van der Waals surface area contributed by atoms with Gasteiger partial charge in [0.25, 0.3) is 5.91 Å². The van der Waals surface area contributed by atoms with E-state index in [2.05, 4.69) is 29.3 Å². The molecule has 3 heterocycles. The number of aliphatic hydroxyl groups is 1. The molecule has 2 aromatic rings. The number of nitrogens with one attached hydrogen (secondary N) is 1. The van der Waals surface area contributed by atoms with Crippen molar-refractivity contribution in [2.45, 2.75) is 57.8 Å². The first-order valence-corrected chi connectivity index (χ1v) is 10.6. The number of hydrogen-bond donors (Lipinski definition) is 2. The number of aromatic nitrogens is 1. The number of carbonyl (C=O) groups is 1. The van der Waals surface area contributed by atoms with Crippen LogP contribution in [0.15, 0.2) is 24.3 Å². The molecular formula is C23H27N3O3. The lowest BCUT2D eigenvalue weighted by molar-refractivity contribution is 0.0965. The summed E-state index contributed by atoms with van der Waals surface area (Å²) in [5, 5.41) is 12.7. The Balaban J connectivity index is 1.26. The van der Waals surface area contributed by atoms with Crippen molar-refractivity contribution < 1.29 is 14.6 Å². The number of pyridine rings is 1. The Labute approximate surface area is 170 Å². The maximum Gasteiger partial charge on any atom is 0.253 e. The number of hydrogen-bond acceptors (Lipinski definition) is 5. The first-order valence-electron chi connectivity index (χ1n) is 10.6. The Hall–Kier alpha value is -2.60. The van der Waals surface area contributed by atoms with Crippen LogP contribution in [-0.2, 0) is 25.8 Å². The van der Waals surface area contributed by atoms with Crippen LogP contribution >= 0.6 is 0 Å². The molecule has 0 unspecified atom stereocenters. The third kappa shape index (κ3) is 3.46. The van der Waals surface area contributed by atoms with Crippen LogP contribution in [0, 0.1) is 0 Å². The minimum absolute atomic E-state index is 0.0114. The van der Waals surface area contributed by atoms with Crippen molar-refractivity contribution in [1.82, 2.24) is 10.3 Å². The summed E-state index contributed by atoms with van der Waals surface area (Å²) in [7, 11) is 0. The summed E-state index contributed by atoms with van der Waals surface area (Å²) in [6.45, 7) is 4.43. The molecule has 1 fully saturated rings. The van der Waals surface area contributed by atoms with Gasteiger partial charge in [0.1, 0.15) is 17.7 Å². The third-order valence-electron chi connectivity index (χ3n) is 6.33. The molecule has 1 atom stereocenters. The van der Waals surface area contributed by atoms with Crippen molar-refractivity contribution in [3.05, 3.63) is 52.2 Å². The number of ether oxygens (including phenoxy) is 1. The van der Waals surface area contributed by atoms with Gasteiger partial charge in [-0.2, -0.15) is 0 Å². The molecule has 1 amide bonds. The second kappa shape index (κ2) is 7.34. The van der Waals surface area contributed by atoms with E-state index in [1.54, 1.807) is 0 Å². The highest BCUT2D eigenvalue weighted by atomic mass is 16.5. The zero-order chi connectivity index (χ0) is 20.0. The van der Waals surface area contributed by atoms with Crippen LogP contribution in [0.2, 0.25) is 0 Å². The quantitative estimate of drug-likeness (QED) is 0.834. The lowest BCUT2D eigenvalue weighted by Crippen LogP contribution is -2.39. The zero-order valence-electron chi connectivity index (χ0n) is 16.8. The molecular weight excluding hydrogens is 366 g/mol. The average molecular weight is 393 g/mol. The molecule has 152 valence electrons. The molecule has 1 aromatic heterocycles. The Bertz CT molecular complexity index is 951. The maximum absolute atomic E-state index is 11.9. The molecule has 0 spiro atoms. The number of aliphatic hydroxyl groups excluding tert-OH is 1.